The summed E-state index contributed by atoms with van der Waals surface area (Å²) in [5, 5.41) is 12.0. The van der Waals surface area contributed by atoms with Gasteiger partial charge in [-0.25, -0.2) is 4.79 Å². The molecule has 1 aromatic carbocycles. The molecule has 0 bridgehead atoms. The Bertz CT molecular complexity index is 732. The van der Waals surface area contributed by atoms with Crippen LogP contribution in [0.4, 0.5) is 0 Å². The SMILES string of the molecule is CCCCCCCCCCCCCCC(=O)NC1CC(=O)N(Cc2ccc(C(=O)O)cc2)C1. The van der Waals surface area contributed by atoms with Crippen molar-refractivity contribution in [3.63, 3.8) is 0 Å². The fourth-order valence-electron chi connectivity index (χ4n) is 4.42. The van der Waals surface area contributed by atoms with Crippen molar-refractivity contribution in [1.82, 2.24) is 10.2 Å². The van der Waals surface area contributed by atoms with Crippen LogP contribution in [0, 0.1) is 0 Å². The largest absolute Gasteiger partial charge is 0.478 e. The monoisotopic (exact) mass is 458 g/mol. The second kappa shape index (κ2) is 15.5. The third kappa shape index (κ3) is 10.9. The van der Waals surface area contributed by atoms with Crippen LogP contribution >= 0.6 is 0 Å². The molecule has 0 radical (unpaired) electrons. The van der Waals surface area contributed by atoms with Crippen LogP contribution in [0.15, 0.2) is 24.3 Å². The molecule has 2 rings (SSSR count). The van der Waals surface area contributed by atoms with Crippen LogP contribution in [-0.2, 0) is 16.1 Å². The number of aromatic carboxylic acids is 1. The number of rotatable bonds is 17. The number of hydrogen-bond acceptors (Lipinski definition) is 3. The zero-order valence-electron chi connectivity index (χ0n) is 20.3. The van der Waals surface area contributed by atoms with Crippen LogP contribution in [0.5, 0.6) is 0 Å². The number of carboxylic acids is 1. The highest BCUT2D eigenvalue weighted by molar-refractivity contribution is 5.87. The quantitative estimate of drug-likeness (QED) is 0.294. The van der Waals surface area contributed by atoms with E-state index in [1.165, 1.54) is 64.2 Å². The Morgan fingerprint density at radius 2 is 1.45 bits per heavy atom. The van der Waals surface area contributed by atoms with E-state index in [-0.39, 0.29) is 23.4 Å². The van der Waals surface area contributed by atoms with E-state index >= 15 is 0 Å². The lowest BCUT2D eigenvalue weighted by molar-refractivity contribution is -0.128. The van der Waals surface area contributed by atoms with Gasteiger partial charge in [0.1, 0.15) is 0 Å². The first-order chi connectivity index (χ1) is 16.0. The molecule has 33 heavy (non-hydrogen) atoms. The number of carbonyl (C=O) groups excluding carboxylic acids is 2. The fraction of sp³-hybridized carbons (Fsp3) is 0.667. The van der Waals surface area contributed by atoms with Gasteiger partial charge >= 0.3 is 5.97 Å². The molecule has 1 unspecified atom stereocenters. The summed E-state index contributed by atoms with van der Waals surface area (Å²) in [5.74, 6) is -0.907. The summed E-state index contributed by atoms with van der Waals surface area (Å²) < 4.78 is 0. The molecule has 184 valence electrons. The number of likely N-dealkylation sites (tertiary alicyclic amines) is 1. The van der Waals surface area contributed by atoms with Crippen LogP contribution < -0.4 is 5.32 Å². The second-order valence-electron chi connectivity index (χ2n) is 9.38. The van der Waals surface area contributed by atoms with Gasteiger partial charge in [0.2, 0.25) is 11.8 Å². The fourth-order valence-corrected chi connectivity index (χ4v) is 4.42. The third-order valence-corrected chi connectivity index (χ3v) is 6.41. The molecule has 1 fully saturated rings. The number of unbranched alkanes of at least 4 members (excludes halogenated alkanes) is 11. The van der Waals surface area contributed by atoms with Crippen LogP contribution in [0.3, 0.4) is 0 Å². The summed E-state index contributed by atoms with van der Waals surface area (Å²) in [5.41, 5.74) is 1.12. The van der Waals surface area contributed by atoms with Crippen molar-refractivity contribution in [3.8, 4) is 0 Å². The lowest BCUT2D eigenvalue weighted by Gasteiger charge is -2.17. The number of hydrogen-bond donors (Lipinski definition) is 2. The van der Waals surface area contributed by atoms with Crippen LogP contribution in [-0.4, -0.2) is 40.4 Å². The molecule has 1 aliphatic rings. The average molecular weight is 459 g/mol. The molecule has 1 aromatic rings. The molecule has 1 heterocycles. The van der Waals surface area contributed by atoms with Gasteiger partial charge in [-0.1, -0.05) is 89.7 Å². The van der Waals surface area contributed by atoms with Crippen LogP contribution in [0.1, 0.15) is 113 Å². The van der Waals surface area contributed by atoms with Gasteiger partial charge in [0.15, 0.2) is 0 Å². The summed E-state index contributed by atoms with van der Waals surface area (Å²) in [6.45, 7) is 3.19. The van der Waals surface area contributed by atoms with Crippen molar-refractivity contribution in [2.75, 3.05) is 6.54 Å². The minimum absolute atomic E-state index is 0.0213. The number of nitrogens with zero attached hydrogens (tertiary/aromatic N) is 1. The molecule has 0 aliphatic carbocycles. The number of benzene rings is 1. The predicted octanol–water partition coefficient (Wildman–Crippen LogP) is 5.69. The lowest BCUT2D eigenvalue weighted by atomic mass is 10.0. The Morgan fingerprint density at radius 1 is 0.909 bits per heavy atom. The van der Waals surface area contributed by atoms with E-state index in [2.05, 4.69) is 12.2 Å². The zero-order valence-corrected chi connectivity index (χ0v) is 20.3. The Kier molecular flexibility index (Phi) is 12.6. The molecule has 1 aliphatic heterocycles. The van der Waals surface area contributed by atoms with Crippen molar-refractivity contribution >= 4 is 17.8 Å². The molecule has 0 saturated carbocycles. The molecule has 2 amide bonds. The summed E-state index contributed by atoms with van der Waals surface area (Å²) in [6.07, 6.45) is 16.1. The minimum atomic E-state index is -0.963. The van der Waals surface area contributed by atoms with E-state index in [4.69, 9.17) is 5.11 Å². The second-order valence-corrected chi connectivity index (χ2v) is 9.38. The van der Waals surface area contributed by atoms with Crippen LogP contribution in [0.25, 0.3) is 0 Å². The number of carboxylic acid groups (broad SMARTS) is 1. The van der Waals surface area contributed by atoms with Gasteiger partial charge in [-0.3, -0.25) is 9.59 Å². The zero-order chi connectivity index (χ0) is 23.9. The first-order valence-corrected chi connectivity index (χ1v) is 12.9. The van der Waals surface area contributed by atoms with Gasteiger partial charge in [-0.2, -0.15) is 0 Å². The van der Waals surface area contributed by atoms with Gasteiger partial charge in [-0.05, 0) is 24.1 Å². The Morgan fingerprint density at radius 3 is 2.00 bits per heavy atom. The van der Waals surface area contributed by atoms with Gasteiger partial charge in [-0.15, -0.1) is 0 Å². The highest BCUT2D eigenvalue weighted by atomic mass is 16.4. The highest BCUT2D eigenvalue weighted by Gasteiger charge is 2.30. The van der Waals surface area contributed by atoms with E-state index in [1.54, 1.807) is 29.2 Å². The van der Waals surface area contributed by atoms with Gasteiger partial charge in [0.25, 0.3) is 0 Å². The van der Waals surface area contributed by atoms with E-state index in [0.29, 0.717) is 25.9 Å². The molecule has 0 spiro atoms. The van der Waals surface area contributed by atoms with Crippen molar-refractivity contribution in [2.45, 2.75) is 109 Å². The molecule has 2 N–H and O–H groups in total. The lowest BCUT2D eigenvalue weighted by Crippen LogP contribution is -2.36. The summed E-state index contributed by atoms with van der Waals surface area (Å²) >= 11 is 0. The van der Waals surface area contributed by atoms with E-state index in [1.807, 2.05) is 0 Å². The van der Waals surface area contributed by atoms with Crippen molar-refractivity contribution in [1.29, 1.82) is 0 Å². The molecule has 6 heteroatoms. The average Bonchev–Trinajstić information content (AvgIpc) is 3.13. The summed E-state index contributed by atoms with van der Waals surface area (Å²) in [4.78, 5) is 37.2. The maximum absolute atomic E-state index is 12.3. The maximum atomic E-state index is 12.3. The molecule has 1 atom stereocenters. The molecular formula is C27H42N2O4. The Hall–Kier alpha value is -2.37. The predicted molar refractivity (Wildman–Crippen MR) is 131 cm³/mol. The van der Waals surface area contributed by atoms with E-state index < -0.39 is 5.97 Å². The third-order valence-electron chi connectivity index (χ3n) is 6.41. The Labute approximate surface area is 199 Å². The van der Waals surface area contributed by atoms with Crippen molar-refractivity contribution in [2.24, 2.45) is 0 Å². The summed E-state index contributed by atoms with van der Waals surface area (Å²) in [7, 11) is 0. The smallest absolute Gasteiger partial charge is 0.335 e. The summed E-state index contributed by atoms with van der Waals surface area (Å²) in [6, 6.07) is 6.42. The van der Waals surface area contributed by atoms with Gasteiger partial charge in [0, 0.05) is 25.9 Å². The molecular weight excluding hydrogens is 416 g/mol. The number of amides is 2. The van der Waals surface area contributed by atoms with Crippen molar-refractivity contribution in [3.05, 3.63) is 35.4 Å². The minimum Gasteiger partial charge on any atom is -0.478 e. The molecule has 0 aromatic heterocycles. The van der Waals surface area contributed by atoms with E-state index in [0.717, 1.165) is 18.4 Å². The topological polar surface area (TPSA) is 86.7 Å². The number of carbonyl (C=O) groups is 3. The first-order valence-electron chi connectivity index (χ1n) is 12.9. The maximum Gasteiger partial charge on any atom is 0.335 e. The van der Waals surface area contributed by atoms with Crippen molar-refractivity contribution < 1.29 is 19.5 Å². The Balaban J connectivity index is 1.51. The molecule has 1 saturated heterocycles. The first kappa shape index (κ1) is 26.9. The highest BCUT2D eigenvalue weighted by Crippen LogP contribution is 2.17. The van der Waals surface area contributed by atoms with Gasteiger partial charge in [0.05, 0.1) is 11.6 Å². The van der Waals surface area contributed by atoms with Crippen LogP contribution in [0.2, 0.25) is 0 Å². The number of nitrogens with one attached hydrogen (secondary N) is 1. The van der Waals surface area contributed by atoms with Gasteiger partial charge < -0.3 is 15.3 Å². The molecule has 6 nitrogen and oxygen atoms in total. The normalized spacial score (nSPS) is 15.7. The van der Waals surface area contributed by atoms with E-state index in [9.17, 15) is 14.4 Å². The standard InChI is InChI=1S/C27H42N2O4/c1-2-3-4-5-6-7-8-9-10-11-12-13-14-25(30)28-24-19-26(31)29(21-24)20-22-15-17-23(18-16-22)27(32)33/h15-18,24H,2-14,19-21H2,1H3,(H,28,30)(H,32,33).